The second-order valence-electron chi connectivity index (χ2n) is 4.75. The van der Waals surface area contributed by atoms with E-state index in [9.17, 15) is 4.79 Å². The third kappa shape index (κ3) is 3.24. The van der Waals surface area contributed by atoms with Gasteiger partial charge in [-0.1, -0.05) is 23.5 Å². The van der Waals surface area contributed by atoms with E-state index in [0.717, 1.165) is 5.69 Å². The topological polar surface area (TPSA) is 92.1 Å². The van der Waals surface area contributed by atoms with Crippen molar-refractivity contribution in [1.29, 1.82) is 0 Å². The average Bonchev–Trinajstić information content (AvgIpc) is 2.95. The molecule has 9 heteroatoms. The summed E-state index contributed by atoms with van der Waals surface area (Å²) in [6.45, 7) is 0. The molecule has 0 aliphatic heterocycles. The van der Waals surface area contributed by atoms with E-state index < -0.39 is 5.91 Å². The average molecular weight is 364 g/mol. The number of fused-ring (bicyclic) bond motifs is 1. The van der Waals surface area contributed by atoms with Gasteiger partial charge in [-0.2, -0.15) is 0 Å². The van der Waals surface area contributed by atoms with Gasteiger partial charge >= 0.3 is 0 Å². The third-order valence-electron chi connectivity index (χ3n) is 3.17. The van der Waals surface area contributed by atoms with Crippen LogP contribution in [0.25, 0.3) is 11.1 Å². The number of rotatable bonds is 5. The number of nitrogens with one attached hydrogen (secondary N) is 3. The standard InChI is InChI=1S/C15H14ClN5O2S/c1-17-13-12-10(5-9(7-19-12)21-24-2)23-14(13)15(22)20-11-4-3-8(16)6-18-11/h3-7,17,21H,1-2H3,(H,18,20,22). The van der Waals surface area contributed by atoms with Crippen molar-refractivity contribution in [1.82, 2.24) is 9.97 Å². The highest BCUT2D eigenvalue weighted by Crippen LogP contribution is 2.31. The van der Waals surface area contributed by atoms with Crippen LogP contribution in [0.1, 0.15) is 10.6 Å². The molecule has 24 heavy (non-hydrogen) atoms. The van der Waals surface area contributed by atoms with Gasteiger partial charge in [-0.3, -0.25) is 4.79 Å². The number of amides is 1. The van der Waals surface area contributed by atoms with Crippen LogP contribution < -0.4 is 15.4 Å². The zero-order valence-corrected chi connectivity index (χ0v) is 14.5. The van der Waals surface area contributed by atoms with Crippen molar-refractivity contribution in [2.45, 2.75) is 0 Å². The van der Waals surface area contributed by atoms with Crippen LogP contribution in [-0.4, -0.2) is 29.2 Å². The van der Waals surface area contributed by atoms with Crippen molar-refractivity contribution in [3.63, 3.8) is 0 Å². The van der Waals surface area contributed by atoms with E-state index in [-0.39, 0.29) is 5.76 Å². The van der Waals surface area contributed by atoms with Crippen LogP contribution in [0.15, 0.2) is 35.0 Å². The molecule has 0 atom stereocenters. The van der Waals surface area contributed by atoms with Gasteiger partial charge in [0.25, 0.3) is 5.91 Å². The summed E-state index contributed by atoms with van der Waals surface area (Å²) in [6, 6.07) is 5.04. The summed E-state index contributed by atoms with van der Waals surface area (Å²) in [5.41, 5.74) is 2.40. The van der Waals surface area contributed by atoms with Gasteiger partial charge in [-0.15, -0.1) is 0 Å². The van der Waals surface area contributed by atoms with E-state index >= 15 is 0 Å². The Labute approximate surface area is 147 Å². The Bertz CT molecular complexity index is 881. The SMILES string of the molecule is CNc1c(C(=O)Nc2ccc(Cl)cn2)oc2cc(NSC)cnc12. The minimum absolute atomic E-state index is 0.137. The highest BCUT2D eigenvalue weighted by Gasteiger charge is 2.21. The lowest BCUT2D eigenvalue weighted by atomic mass is 10.3. The maximum atomic E-state index is 12.5. The molecule has 0 bridgehead atoms. The van der Waals surface area contributed by atoms with Crippen LogP contribution >= 0.6 is 23.5 Å². The molecular weight excluding hydrogens is 350 g/mol. The van der Waals surface area contributed by atoms with Crippen LogP contribution in [0.4, 0.5) is 17.2 Å². The number of pyridine rings is 2. The van der Waals surface area contributed by atoms with Crippen LogP contribution in [0.2, 0.25) is 5.02 Å². The molecule has 7 nitrogen and oxygen atoms in total. The summed E-state index contributed by atoms with van der Waals surface area (Å²) in [6.07, 6.45) is 5.04. The summed E-state index contributed by atoms with van der Waals surface area (Å²) < 4.78 is 8.77. The lowest BCUT2D eigenvalue weighted by molar-refractivity contribution is 0.0999. The molecule has 124 valence electrons. The number of halogens is 1. The normalized spacial score (nSPS) is 10.6. The molecule has 3 N–H and O–H groups in total. The minimum atomic E-state index is -0.424. The Balaban J connectivity index is 1.95. The zero-order chi connectivity index (χ0) is 17.1. The number of furan rings is 1. The fourth-order valence-corrected chi connectivity index (χ4v) is 2.63. The van der Waals surface area contributed by atoms with Crippen LogP contribution in [0.3, 0.4) is 0 Å². The molecule has 3 aromatic heterocycles. The zero-order valence-electron chi connectivity index (χ0n) is 12.9. The molecule has 0 spiro atoms. The molecule has 0 unspecified atom stereocenters. The van der Waals surface area contributed by atoms with Gasteiger partial charge in [-0.05, 0) is 12.1 Å². The first-order chi connectivity index (χ1) is 11.6. The van der Waals surface area contributed by atoms with Crippen molar-refractivity contribution in [3.05, 3.63) is 41.4 Å². The maximum absolute atomic E-state index is 12.5. The summed E-state index contributed by atoms with van der Waals surface area (Å²) in [7, 11) is 1.71. The van der Waals surface area contributed by atoms with Crippen molar-refractivity contribution in [2.24, 2.45) is 0 Å². The van der Waals surface area contributed by atoms with E-state index in [4.69, 9.17) is 16.0 Å². The Morgan fingerprint density at radius 1 is 1.29 bits per heavy atom. The van der Waals surface area contributed by atoms with E-state index in [1.807, 2.05) is 6.26 Å². The number of carbonyl (C=O) groups excluding carboxylic acids is 1. The molecule has 3 aromatic rings. The van der Waals surface area contributed by atoms with E-state index in [0.29, 0.717) is 27.6 Å². The van der Waals surface area contributed by atoms with Gasteiger partial charge in [0.1, 0.15) is 17.0 Å². The number of hydrogen-bond donors (Lipinski definition) is 3. The fourth-order valence-electron chi connectivity index (χ4n) is 2.17. The third-order valence-corrected chi connectivity index (χ3v) is 3.84. The molecule has 0 aliphatic carbocycles. The van der Waals surface area contributed by atoms with Crippen molar-refractivity contribution < 1.29 is 9.21 Å². The van der Waals surface area contributed by atoms with Crippen LogP contribution in [0.5, 0.6) is 0 Å². The predicted octanol–water partition coefficient (Wildman–Crippen LogP) is 3.86. The summed E-state index contributed by atoms with van der Waals surface area (Å²) in [4.78, 5) is 20.9. The molecule has 0 saturated heterocycles. The Morgan fingerprint density at radius 3 is 2.79 bits per heavy atom. The lowest BCUT2D eigenvalue weighted by Gasteiger charge is -2.04. The van der Waals surface area contributed by atoms with E-state index in [1.165, 1.54) is 18.1 Å². The van der Waals surface area contributed by atoms with Crippen LogP contribution in [-0.2, 0) is 0 Å². The van der Waals surface area contributed by atoms with Crippen molar-refractivity contribution in [3.8, 4) is 0 Å². The monoisotopic (exact) mass is 363 g/mol. The fraction of sp³-hybridized carbons (Fsp3) is 0.133. The van der Waals surface area contributed by atoms with E-state index in [2.05, 4.69) is 25.3 Å². The van der Waals surface area contributed by atoms with Crippen molar-refractivity contribution in [2.75, 3.05) is 28.7 Å². The molecule has 3 rings (SSSR count). The van der Waals surface area contributed by atoms with Crippen molar-refractivity contribution >= 4 is 57.7 Å². The number of hydrogen-bond acceptors (Lipinski definition) is 7. The number of anilines is 3. The molecule has 0 aliphatic rings. The van der Waals surface area contributed by atoms with Gasteiger partial charge in [0.2, 0.25) is 5.76 Å². The number of carbonyl (C=O) groups is 1. The number of nitrogens with zero attached hydrogens (tertiary/aromatic N) is 2. The van der Waals surface area contributed by atoms with Gasteiger partial charge in [0.15, 0.2) is 5.58 Å². The van der Waals surface area contributed by atoms with Gasteiger partial charge in [-0.25, -0.2) is 9.97 Å². The molecule has 0 saturated carbocycles. The summed E-state index contributed by atoms with van der Waals surface area (Å²) in [5, 5.41) is 6.12. The van der Waals surface area contributed by atoms with Gasteiger partial charge < -0.3 is 19.8 Å². The molecule has 0 radical (unpaired) electrons. The Kier molecular flexibility index (Phi) is 4.77. The largest absolute Gasteiger partial charge is 0.447 e. The van der Waals surface area contributed by atoms with E-state index in [1.54, 1.807) is 31.4 Å². The lowest BCUT2D eigenvalue weighted by Crippen LogP contribution is -2.13. The second kappa shape index (κ2) is 6.98. The quantitative estimate of drug-likeness (QED) is 0.593. The first kappa shape index (κ1) is 16.4. The molecule has 1 amide bonds. The highest BCUT2D eigenvalue weighted by molar-refractivity contribution is 7.99. The Morgan fingerprint density at radius 2 is 2.12 bits per heavy atom. The molecular formula is C15H14ClN5O2S. The summed E-state index contributed by atoms with van der Waals surface area (Å²) >= 11 is 7.23. The second-order valence-corrected chi connectivity index (χ2v) is 5.80. The number of aromatic nitrogens is 2. The maximum Gasteiger partial charge on any atom is 0.294 e. The first-order valence-corrected chi connectivity index (χ1v) is 8.55. The smallest absolute Gasteiger partial charge is 0.294 e. The van der Waals surface area contributed by atoms with Gasteiger partial charge in [0.05, 0.1) is 16.9 Å². The van der Waals surface area contributed by atoms with Gasteiger partial charge in [0, 0.05) is 25.6 Å². The highest BCUT2D eigenvalue weighted by atomic mass is 35.5. The predicted molar refractivity (Wildman–Crippen MR) is 97.9 cm³/mol. The Hall–Kier alpha value is -2.45. The molecule has 0 fully saturated rings. The first-order valence-electron chi connectivity index (χ1n) is 6.94. The molecule has 3 heterocycles. The summed E-state index contributed by atoms with van der Waals surface area (Å²) in [5.74, 6) is 0.0919. The minimum Gasteiger partial charge on any atom is -0.447 e. The van der Waals surface area contributed by atoms with Crippen LogP contribution in [0, 0.1) is 0 Å². The molecule has 0 aromatic carbocycles.